The van der Waals surface area contributed by atoms with E-state index in [2.05, 4.69) is 26.1 Å². The van der Waals surface area contributed by atoms with Crippen molar-refractivity contribution >= 4 is 21.6 Å². The van der Waals surface area contributed by atoms with Crippen molar-refractivity contribution in [3.63, 3.8) is 0 Å². The molecule has 1 rings (SSSR count). The summed E-state index contributed by atoms with van der Waals surface area (Å²) >= 11 is 0. The third-order valence-electron chi connectivity index (χ3n) is 3.52. The standard InChI is InChI=1S/C18H30N2O3S/c1-14-10-8-9-11-15(14)20(24(7,22)23)12-16(21)19-18(5,6)13-17(2,3)4/h8-11H,12-13H2,1-7H3,(H,19,21). The van der Waals surface area contributed by atoms with Gasteiger partial charge < -0.3 is 5.32 Å². The molecular formula is C18H30N2O3S. The lowest BCUT2D eigenvalue weighted by Gasteiger charge is -2.34. The van der Waals surface area contributed by atoms with Crippen LogP contribution in [0.15, 0.2) is 24.3 Å². The van der Waals surface area contributed by atoms with Gasteiger partial charge in [0.15, 0.2) is 0 Å². The van der Waals surface area contributed by atoms with Gasteiger partial charge in [-0.1, -0.05) is 39.0 Å². The van der Waals surface area contributed by atoms with Crippen LogP contribution in [-0.2, 0) is 14.8 Å². The molecule has 136 valence electrons. The van der Waals surface area contributed by atoms with Crippen molar-refractivity contribution in [1.29, 1.82) is 0 Å². The molecule has 0 aliphatic heterocycles. The number of carbonyl (C=O) groups excluding carboxylic acids is 1. The van der Waals surface area contributed by atoms with Crippen molar-refractivity contribution in [2.45, 2.75) is 53.5 Å². The Morgan fingerprint density at radius 1 is 1.12 bits per heavy atom. The Labute approximate surface area is 146 Å². The predicted molar refractivity (Wildman–Crippen MR) is 99.7 cm³/mol. The Kier molecular flexibility index (Phi) is 6.09. The number of hydrogen-bond donors (Lipinski definition) is 1. The largest absolute Gasteiger partial charge is 0.350 e. The second-order valence-corrected chi connectivity index (χ2v) is 10.1. The summed E-state index contributed by atoms with van der Waals surface area (Å²) in [4.78, 5) is 12.5. The number of aryl methyl sites for hydroxylation is 1. The fourth-order valence-corrected chi connectivity index (χ4v) is 4.06. The van der Waals surface area contributed by atoms with E-state index in [4.69, 9.17) is 0 Å². The fourth-order valence-electron chi connectivity index (χ4n) is 3.14. The summed E-state index contributed by atoms with van der Waals surface area (Å²) in [5, 5.41) is 2.96. The van der Waals surface area contributed by atoms with Crippen molar-refractivity contribution in [1.82, 2.24) is 5.32 Å². The molecule has 0 aromatic heterocycles. The average Bonchev–Trinajstić information content (AvgIpc) is 2.31. The van der Waals surface area contributed by atoms with E-state index in [0.717, 1.165) is 22.5 Å². The van der Waals surface area contributed by atoms with Gasteiger partial charge in [0.05, 0.1) is 11.9 Å². The molecule has 0 spiro atoms. The normalized spacial score (nSPS) is 12.8. The van der Waals surface area contributed by atoms with Crippen LogP contribution in [0.2, 0.25) is 0 Å². The smallest absolute Gasteiger partial charge is 0.241 e. The first-order valence-corrected chi connectivity index (χ1v) is 9.90. The number of anilines is 1. The van der Waals surface area contributed by atoms with Gasteiger partial charge in [0.25, 0.3) is 0 Å². The Morgan fingerprint density at radius 3 is 2.12 bits per heavy atom. The summed E-state index contributed by atoms with van der Waals surface area (Å²) < 4.78 is 25.5. The molecular weight excluding hydrogens is 324 g/mol. The van der Waals surface area contributed by atoms with Gasteiger partial charge in [-0.3, -0.25) is 9.10 Å². The SMILES string of the molecule is Cc1ccccc1N(CC(=O)NC(C)(C)CC(C)(C)C)S(C)(=O)=O. The van der Waals surface area contributed by atoms with Gasteiger partial charge in [-0.2, -0.15) is 0 Å². The predicted octanol–water partition coefficient (Wildman–Crippen LogP) is 3.09. The molecule has 0 aliphatic rings. The molecule has 1 aromatic carbocycles. The number of benzene rings is 1. The zero-order valence-electron chi connectivity index (χ0n) is 15.8. The second kappa shape index (κ2) is 7.13. The molecule has 1 N–H and O–H groups in total. The number of hydrogen-bond acceptors (Lipinski definition) is 3. The second-order valence-electron chi connectivity index (χ2n) is 8.23. The maximum absolute atomic E-state index is 12.5. The molecule has 6 heteroatoms. The van der Waals surface area contributed by atoms with Crippen LogP contribution in [0.5, 0.6) is 0 Å². The zero-order valence-corrected chi connectivity index (χ0v) is 16.6. The van der Waals surface area contributed by atoms with Crippen molar-refractivity contribution in [2.75, 3.05) is 17.1 Å². The maximum atomic E-state index is 12.5. The number of amides is 1. The highest BCUT2D eigenvalue weighted by Crippen LogP contribution is 2.27. The molecule has 1 aromatic rings. The lowest BCUT2D eigenvalue weighted by Crippen LogP contribution is -2.50. The molecule has 0 bridgehead atoms. The number of nitrogens with zero attached hydrogens (tertiary/aromatic N) is 1. The average molecular weight is 355 g/mol. The summed E-state index contributed by atoms with van der Waals surface area (Å²) in [5.74, 6) is -0.307. The first-order valence-electron chi connectivity index (χ1n) is 8.06. The van der Waals surface area contributed by atoms with Gasteiger partial charge in [0.1, 0.15) is 6.54 Å². The number of carbonyl (C=O) groups is 1. The fraction of sp³-hybridized carbons (Fsp3) is 0.611. The van der Waals surface area contributed by atoms with E-state index in [-0.39, 0.29) is 17.9 Å². The molecule has 0 aliphatic carbocycles. The van der Waals surface area contributed by atoms with E-state index in [1.165, 1.54) is 0 Å². The molecule has 0 atom stereocenters. The van der Waals surface area contributed by atoms with Gasteiger partial charge in [0.2, 0.25) is 15.9 Å². The molecule has 0 radical (unpaired) electrons. The summed E-state index contributed by atoms with van der Waals surface area (Å²) in [5.41, 5.74) is 0.988. The van der Waals surface area contributed by atoms with E-state index in [0.29, 0.717) is 5.69 Å². The van der Waals surface area contributed by atoms with Crippen LogP contribution in [-0.4, -0.2) is 32.7 Å². The minimum absolute atomic E-state index is 0.0588. The zero-order chi connectivity index (χ0) is 18.8. The van der Waals surface area contributed by atoms with Gasteiger partial charge in [-0.05, 0) is 44.2 Å². The number of rotatable bonds is 6. The van der Waals surface area contributed by atoms with Crippen molar-refractivity contribution in [3.8, 4) is 0 Å². The van der Waals surface area contributed by atoms with Crippen LogP contribution >= 0.6 is 0 Å². The minimum Gasteiger partial charge on any atom is -0.350 e. The van der Waals surface area contributed by atoms with Crippen LogP contribution in [0.4, 0.5) is 5.69 Å². The highest BCUT2D eigenvalue weighted by molar-refractivity contribution is 7.92. The summed E-state index contributed by atoms with van der Waals surface area (Å²) in [6, 6.07) is 7.15. The molecule has 0 saturated carbocycles. The molecule has 24 heavy (non-hydrogen) atoms. The van der Waals surface area contributed by atoms with Crippen molar-refractivity contribution in [3.05, 3.63) is 29.8 Å². The molecule has 0 unspecified atom stereocenters. The molecule has 5 nitrogen and oxygen atoms in total. The number of sulfonamides is 1. The van der Waals surface area contributed by atoms with Crippen molar-refractivity contribution in [2.24, 2.45) is 5.41 Å². The first-order chi connectivity index (χ1) is 10.7. The van der Waals surface area contributed by atoms with E-state index < -0.39 is 15.6 Å². The topological polar surface area (TPSA) is 66.5 Å². The Morgan fingerprint density at radius 2 is 1.67 bits per heavy atom. The van der Waals surface area contributed by atoms with E-state index >= 15 is 0 Å². The monoisotopic (exact) mass is 354 g/mol. The highest BCUT2D eigenvalue weighted by atomic mass is 32.2. The van der Waals surface area contributed by atoms with Crippen LogP contribution in [0.25, 0.3) is 0 Å². The Balaban J connectivity index is 2.97. The highest BCUT2D eigenvalue weighted by Gasteiger charge is 2.29. The first kappa shape index (κ1) is 20.5. The third-order valence-corrected chi connectivity index (χ3v) is 4.65. The summed E-state index contributed by atoms with van der Waals surface area (Å²) in [6.45, 7) is 11.8. The molecule has 0 heterocycles. The van der Waals surface area contributed by atoms with Gasteiger partial charge >= 0.3 is 0 Å². The van der Waals surface area contributed by atoms with Crippen LogP contribution < -0.4 is 9.62 Å². The maximum Gasteiger partial charge on any atom is 0.241 e. The molecule has 0 fully saturated rings. The van der Waals surface area contributed by atoms with Crippen LogP contribution in [0.1, 0.15) is 46.6 Å². The molecule has 0 saturated heterocycles. The molecule has 1 amide bonds. The lowest BCUT2D eigenvalue weighted by molar-refractivity contribution is -0.121. The van der Waals surface area contributed by atoms with Gasteiger partial charge in [0, 0.05) is 5.54 Å². The third kappa shape index (κ3) is 6.51. The van der Waals surface area contributed by atoms with Crippen LogP contribution in [0, 0.1) is 12.3 Å². The van der Waals surface area contributed by atoms with Crippen molar-refractivity contribution < 1.29 is 13.2 Å². The van der Waals surface area contributed by atoms with Gasteiger partial charge in [-0.25, -0.2) is 8.42 Å². The van der Waals surface area contributed by atoms with E-state index in [9.17, 15) is 13.2 Å². The minimum atomic E-state index is -3.55. The van der Waals surface area contributed by atoms with E-state index in [1.54, 1.807) is 12.1 Å². The summed E-state index contributed by atoms with van der Waals surface area (Å²) in [7, 11) is -3.55. The lowest BCUT2D eigenvalue weighted by atomic mass is 9.82. The number of para-hydroxylation sites is 1. The Bertz CT molecular complexity index is 688. The Hall–Kier alpha value is -1.56. The van der Waals surface area contributed by atoms with E-state index in [1.807, 2.05) is 32.9 Å². The van der Waals surface area contributed by atoms with Gasteiger partial charge in [-0.15, -0.1) is 0 Å². The quantitative estimate of drug-likeness (QED) is 0.854. The number of nitrogens with one attached hydrogen (secondary N) is 1. The van der Waals surface area contributed by atoms with Crippen LogP contribution in [0.3, 0.4) is 0 Å². The summed E-state index contributed by atoms with van der Waals surface area (Å²) in [6.07, 6.45) is 1.90.